The topological polar surface area (TPSA) is 74.2 Å². The van der Waals surface area contributed by atoms with Gasteiger partial charge in [-0.25, -0.2) is 0 Å². The molecule has 0 fully saturated rings. The molecule has 0 aliphatic rings. The van der Waals surface area contributed by atoms with Crippen LogP contribution < -0.4 is 4.74 Å². The Morgan fingerprint density at radius 1 is 1.21 bits per heavy atom. The number of carboxylic acid groups (broad SMARTS) is 1. The summed E-state index contributed by atoms with van der Waals surface area (Å²) in [5, 5.41) is 9.09. The van der Waals surface area contributed by atoms with Crippen molar-refractivity contribution >= 4 is 5.97 Å². The first kappa shape index (κ1) is 20.2. The van der Waals surface area contributed by atoms with E-state index in [0.29, 0.717) is 19.4 Å². The van der Waals surface area contributed by atoms with Gasteiger partial charge < -0.3 is 24.1 Å². The minimum absolute atomic E-state index is 0.0832. The molecule has 0 unspecified atom stereocenters. The maximum absolute atomic E-state index is 11.1. The van der Waals surface area contributed by atoms with Crippen LogP contribution in [0.2, 0.25) is 0 Å². The molecule has 0 spiro atoms. The molecule has 24 heavy (non-hydrogen) atoms. The van der Waals surface area contributed by atoms with Crippen molar-refractivity contribution in [1.29, 1.82) is 0 Å². The Labute approximate surface area is 143 Å². The van der Waals surface area contributed by atoms with E-state index in [-0.39, 0.29) is 19.3 Å². The minimum Gasteiger partial charge on any atom is -0.497 e. The van der Waals surface area contributed by atoms with E-state index in [1.807, 2.05) is 24.3 Å². The van der Waals surface area contributed by atoms with E-state index in [1.165, 1.54) is 0 Å². The van der Waals surface area contributed by atoms with E-state index < -0.39 is 12.1 Å². The van der Waals surface area contributed by atoms with Crippen molar-refractivity contribution in [2.45, 2.75) is 38.1 Å². The Bertz CT molecular complexity index is 485. The third-order valence-electron chi connectivity index (χ3n) is 3.42. The second-order valence-corrected chi connectivity index (χ2v) is 5.33. The van der Waals surface area contributed by atoms with E-state index in [2.05, 4.69) is 6.58 Å². The van der Waals surface area contributed by atoms with E-state index in [1.54, 1.807) is 20.3 Å². The molecule has 0 aliphatic carbocycles. The molecule has 1 aromatic rings. The molecule has 0 aromatic heterocycles. The normalized spacial score (nSPS) is 13.2. The number of carboxylic acids is 1. The van der Waals surface area contributed by atoms with Gasteiger partial charge in [0.1, 0.15) is 12.5 Å². The summed E-state index contributed by atoms with van der Waals surface area (Å²) in [4.78, 5) is 11.1. The highest BCUT2D eigenvalue weighted by atomic mass is 16.7. The average Bonchev–Trinajstić information content (AvgIpc) is 2.57. The number of methoxy groups -OCH3 is 2. The van der Waals surface area contributed by atoms with Crippen molar-refractivity contribution < 1.29 is 28.8 Å². The fourth-order valence-electron chi connectivity index (χ4n) is 2.22. The van der Waals surface area contributed by atoms with Crippen LogP contribution in [0.5, 0.6) is 5.75 Å². The quantitative estimate of drug-likeness (QED) is 0.440. The second kappa shape index (κ2) is 11.6. The summed E-state index contributed by atoms with van der Waals surface area (Å²) < 4.78 is 21.4. The van der Waals surface area contributed by atoms with Gasteiger partial charge in [-0.2, -0.15) is 0 Å². The third kappa shape index (κ3) is 8.10. The Hall–Kier alpha value is -1.89. The van der Waals surface area contributed by atoms with Gasteiger partial charge in [0.2, 0.25) is 0 Å². The van der Waals surface area contributed by atoms with Gasteiger partial charge in [0.05, 0.1) is 32.3 Å². The summed E-state index contributed by atoms with van der Waals surface area (Å²) in [7, 11) is 3.15. The fraction of sp³-hybridized carbons (Fsp3) is 0.500. The molecular weight excluding hydrogens is 312 g/mol. The molecule has 0 radical (unpaired) electrons. The van der Waals surface area contributed by atoms with Crippen LogP contribution in [0, 0.1) is 0 Å². The van der Waals surface area contributed by atoms with Crippen LogP contribution in [0.25, 0.3) is 0 Å². The molecule has 0 bridgehead atoms. The molecule has 6 heteroatoms. The Morgan fingerprint density at radius 2 is 1.92 bits per heavy atom. The van der Waals surface area contributed by atoms with Crippen LogP contribution >= 0.6 is 0 Å². The summed E-state index contributed by atoms with van der Waals surface area (Å²) in [6, 6.07) is 7.46. The number of ether oxygens (including phenoxy) is 4. The van der Waals surface area contributed by atoms with Crippen molar-refractivity contribution in [1.82, 2.24) is 0 Å². The minimum atomic E-state index is -0.904. The monoisotopic (exact) mass is 338 g/mol. The maximum Gasteiger partial charge on any atom is 0.305 e. The molecule has 0 saturated carbocycles. The van der Waals surface area contributed by atoms with Crippen LogP contribution in [-0.4, -0.2) is 44.3 Å². The van der Waals surface area contributed by atoms with Gasteiger partial charge in [-0.05, 0) is 24.1 Å². The summed E-state index contributed by atoms with van der Waals surface area (Å²) in [6.07, 6.45) is 2.07. The molecular formula is C18H26O6. The van der Waals surface area contributed by atoms with E-state index in [0.717, 1.165) is 11.3 Å². The SMILES string of the molecule is C=CC[C@H](C[C@H](CC(=O)O)OCc1ccc(OC)cc1)OCOC. The number of benzene rings is 1. The number of carbonyl (C=O) groups is 1. The van der Waals surface area contributed by atoms with E-state index in [9.17, 15) is 4.79 Å². The molecule has 0 heterocycles. The van der Waals surface area contributed by atoms with Gasteiger partial charge in [0.25, 0.3) is 0 Å². The maximum atomic E-state index is 11.1. The fourth-order valence-corrected chi connectivity index (χ4v) is 2.22. The predicted molar refractivity (Wildman–Crippen MR) is 90.0 cm³/mol. The lowest BCUT2D eigenvalue weighted by molar-refractivity contribution is -0.142. The zero-order valence-corrected chi connectivity index (χ0v) is 14.3. The lowest BCUT2D eigenvalue weighted by Crippen LogP contribution is -2.26. The van der Waals surface area contributed by atoms with Crippen molar-refractivity contribution in [2.75, 3.05) is 21.0 Å². The Balaban J connectivity index is 2.61. The molecule has 1 rings (SSSR count). The lowest BCUT2D eigenvalue weighted by atomic mass is 10.1. The van der Waals surface area contributed by atoms with Gasteiger partial charge >= 0.3 is 5.97 Å². The van der Waals surface area contributed by atoms with Gasteiger partial charge in [-0.15, -0.1) is 6.58 Å². The van der Waals surface area contributed by atoms with Gasteiger partial charge in [-0.3, -0.25) is 4.79 Å². The van der Waals surface area contributed by atoms with Gasteiger partial charge in [0, 0.05) is 13.5 Å². The first-order valence-electron chi connectivity index (χ1n) is 7.76. The Morgan fingerprint density at radius 3 is 2.46 bits per heavy atom. The van der Waals surface area contributed by atoms with Crippen LogP contribution in [0.1, 0.15) is 24.8 Å². The van der Waals surface area contributed by atoms with Gasteiger partial charge in [0.15, 0.2) is 0 Å². The average molecular weight is 338 g/mol. The second-order valence-electron chi connectivity index (χ2n) is 5.33. The van der Waals surface area contributed by atoms with Crippen molar-refractivity contribution in [3.8, 4) is 5.75 Å². The zero-order chi connectivity index (χ0) is 17.8. The van der Waals surface area contributed by atoms with Crippen LogP contribution in [0.3, 0.4) is 0 Å². The van der Waals surface area contributed by atoms with Crippen molar-refractivity contribution in [3.63, 3.8) is 0 Å². The first-order valence-corrected chi connectivity index (χ1v) is 7.76. The zero-order valence-electron chi connectivity index (χ0n) is 14.3. The van der Waals surface area contributed by atoms with Crippen LogP contribution in [0.4, 0.5) is 0 Å². The molecule has 1 aromatic carbocycles. The van der Waals surface area contributed by atoms with Crippen LogP contribution in [0.15, 0.2) is 36.9 Å². The van der Waals surface area contributed by atoms with Crippen molar-refractivity contribution in [3.05, 3.63) is 42.5 Å². The van der Waals surface area contributed by atoms with Gasteiger partial charge in [-0.1, -0.05) is 18.2 Å². The highest BCUT2D eigenvalue weighted by Crippen LogP contribution is 2.17. The molecule has 0 saturated heterocycles. The predicted octanol–water partition coefficient (Wildman–Crippen LogP) is 3.01. The molecule has 6 nitrogen and oxygen atoms in total. The lowest BCUT2D eigenvalue weighted by Gasteiger charge is -2.22. The van der Waals surface area contributed by atoms with E-state index >= 15 is 0 Å². The summed E-state index contributed by atoms with van der Waals surface area (Å²) in [5.74, 6) is -0.140. The summed E-state index contributed by atoms with van der Waals surface area (Å²) in [5.41, 5.74) is 0.948. The summed E-state index contributed by atoms with van der Waals surface area (Å²) in [6.45, 7) is 4.17. The number of rotatable bonds is 13. The molecule has 1 N–H and O–H groups in total. The molecule has 134 valence electrons. The number of hydrogen-bond acceptors (Lipinski definition) is 5. The number of hydrogen-bond donors (Lipinski definition) is 1. The smallest absolute Gasteiger partial charge is 0.305 e. The largest absolute Gasteiger partial charge is 0.497 e. The molecule has 0 aliphatic heterocycles. The standard InChI is InChI=1S/C18H26O6/c1-4-5-16(24-13-21-2)10-17(11-18(19)20)23-12-14-6-8-15(22-3)9-7-14/h4,6-9,16-17H,1,5,10-13H2,2-3H3,(H,19,20)/t16-,17-/m1/s1. The highest BCUT2D eigenvalue weighted by Gasteiger charge is 2.20. The van der Waals surface area contributed by atoms with Crippen LogP contribution in [-0.2, 0) is 25.6 Å². The highest BCUT2D eigenvalue weighted by molar-refractivity contribution is 5.67. The molecule has 2 atom stereocenters. The molecule has 0 amide bonds. The number of aliphatic carboxylic acids is 1. The summed E-state index contributed by atoms with van der Waals surface area (Å²) >= 11 is 0. The van der Waals surface area contributed by atoms with E-state index in [4.69, 9.17) is 24.1 Å². The Kier molecular flexibility index (Phi) is 9.76. The first-order chi connectivity index (χ1) is 11.6. The van der Waals surface area contributed by atoms with Crippen molar-refractivity contribution in [2.24, 2.45) is 0 Å². The third-order valence-corrected chi connectivity index (χ3v) is 3.42.